The zero-order valence-electron chi connectivity index (χ0n) is 16.3. The van der Waals surface area contributed by atoms with E-state index in [1.165, 1.54) is 6.20 Å². The van der Waals surface area contributed by atoms with Crippen molar-refractivity contribution in [2.75, 3.05) is 11.9 Å². The number of nitrogens with two attached hydrogens (primary N) is 1. The average Bonchev–Trinajstić information content (AvgIpc) is 2.72. The largest absolute Gasteiger partial charge is 0.439 e. The molecule has 0 bridgehead atoms. The predicted octanol–water partition coefficient (Wildman–Crippen LogP) is 3.77. The van der Waals surface area contributed by atoms with Gasteiger partial charge in [-0.3, -0.25) is 4.79 Å². The first-order valence-corrected chi connectivity index (χ1v) is 9.04. The molecule has 1 aromatic heterocycles. The molecule has 3 rings (SSSR count). The summed E-state index contributed by atoms with van der Waals surface area (Å²) in [5, 5.41) is 6.61. The quantitative estimate of drug-likeness (QED) is 0.363. The van der Waals surface area contributed by atoms with E-state index in [1.807, 2.05) is 62.4 Å². The Kier molecular flexibility index (Phi) is 6.42. The Labute approximate surface area is 169 Å². The van der Waals surface area contributed by atoms with Crippen LogP contribution >= 0.6 is 0 Å². The summed E-state index contributed by atoms with van der Waals surface area (Å²) in [5.41, 5.74) is 9.18. The number of rotatable bonds is 7. The molecule has 0 aliphatic rings. The van der Waals surface area contributed by atoms with Gasteiger partial charge in [-0.1, -0.05) is 41.6 Å². The molecule has 1 amide bonds. The fourth-order valence-corrected chi connectivity index (χ4v) is 2.60. The smallest absolute Gasteiger partial charge is 0.265 e. The van der Waals surface area contributed by atoms with Gasteiger partial charge in [0.15, 0.2) is 12.4 Å². The maximum atomic E-state index is 12.1. The number of anilines is 1. The van der Waals surface area contributed by atoms with E-state index in [0.29, 0.717) is 17.2 Å². The van der Waals surface area contributed by atoms with Gasteiger partial charge in [-0.15, -0.1) is 0 Å². The Bertz CT molecular complexity index is 982. The van der Waals surface area contributed by atoms with Crippen LogP contribution in [0.3, 0.4) is 0 Å². The summed E-state index contributed by atoms with van der Waals surface area (Å²) in [4.78, 5) is 21.4. The van der Waals surface area contributed by atoms with E-state index in [4.69, 9.17) is 15.3 Å². The van der Waals surface area contributed by atoms with Crippen molar-refractivity contribution in [3.63, 3.8) is 0 Å². The summed E-state index contributed by atoms with van der Waals surface area (Å²) in [6, 6.07) is 18.5. The summed E-state index contributed by atoms with van der Waals surface area (Å²) in [6.45, 7) is 3.60. The number of oxime groups is 1. The van der Waals surface area contributed by atoms with Gasteiger partial charge in [0.2, 0.25) is 5.88 Å². The molecular weight excluding hydrogens is 368 g/mol. The van der Waals surface area contributed by atoms with Crippen LogP contribution in [0.2, 0.25) is 0 Å². The molecule has 0 aliphatic heterocycles. The summed E-state index contributed by atoms with van der Waals surface area (Å²) in [5.74, 6) is 0.918. The third kappa shape index (κ3) is 5.55. The van der Waals surface area contributed by atoms with Crippen LogP contribution in [0.1, 0.15) is 16.7 Å². The predicted molar refractivity (Wildman–Crippen MR) is 112 cm³/mol. The van der Waals surface area contributed by atoms with E-state index < -0.39 is 0 Å². The van der Waals surface area contributed by atoms with Crippen LogP contribution in [0.4, 0.5) is 5.69 Å². The number of amidine groups is 1. The Balaban J connectivity index is 1.53. The Hall–Kier alpha value is -3.87. The number of nitrogens with one attached hydrogen (secondary N) is 1. The van der Waals surface area contributed by atoms with Crippen molar-refractivity contribution in [1.29, 1.82) is 0 Å². The molecule has 148 valence electrons. The van der Waals surface area contributed by atoms with Crippen molar-refractivity contribution in [2.24, 2.45) is 10.9 Å². The summed E-state index contributed by atoms with van der Waals surface area (Å²) in [6.07, 6.45) is 1.53. The van der Waals surface area contributed by atoms with Gasteiger partial charge in [-0.2, -0.15) is 0 Å². The third-order valence-corrected chi connectivity index (χ3v) is 4.10. The fraction of sp³-hybridized carbons (Fsp3) is 0.136. The molecule has 1 heterocycles. The first-order chi connectivity index (χ1) is 14.0. The van der Waals surface area contributed by atoms with E-state index in [1.54, 1.807) is 12.1 Å². The van der Waals surface area contributed by atoms with Crippen molar-refractivity contribution in [2.45, 2.75) is 13.8 Å². The molecule has 7 heteroatoms. The first-order valence-electron chi connectivity index (χ1n) is 9.04. The number of ether oxygens (including phenoxy) is 1. The second-order valence-corrected chi connectivity index (χ2v) is 6.37. The molecule has 0 saturated heterocycles. The van der Waals surface area contributed by atoms with Crippen LogP contribution < -0.4 is 15.8 Å². The van der Waals surface area contributed by atoms with E-state index in [-0.39, 0.29) is 18.3 Å². The van der Waals surface area contributed by atoms with E-state index in [2.05, 4.69) is 15.5 Å². The van der Waals surface area contributed by atoms with Crippen LogP contribution in [0.25, 0.3) is 0 Å². The Morgan fingerprint density at radius 2 is 1.76 bits per heavy atom. The average molecular weight is 390 g/mol. The van der Waals surface area contributed by atoms with Crippen molar-refractivity contribution in [3.8, 4) is 11.6 Å². The van der Waals surface area contributed by atoms with Gasteiger partial charge in [-0.05, 0) is 43.2 Å². The van der Waals surface area contributed by atoms with Gasteiger partial charge in [0.1, 0.15) is 5.75 Å². The highest BCUT2D eigenvalue weighted by atomic mass is 16.6. The van der Waals surface area contributed by atoms with Crippen molar-refractivity contribution in [3.05, 3.63) is 83.6 Å². The fourth-order valence-electron chi connectivity index (χ4n) is 2.60. The van der Waals surface area contributed by atoms with Gasteiger partial charge in [0.05, 0.1) is 0 Å². The van der Waals surface area contributed by atoms with E-state index in [0.717, 1.165) is 16.8 Å². The molecule has 29 heavy (non-hydrogen) atoms. The van der Waals surface area contributed by atoms with Gasteiger partial charge in [-0.25, -0.2) is 4.98 Å². The SMILES string of the molecule is Cc1cccc(C)c1NC(=O)CON=C(N)c1ccc(Oc2ccccc2)nc1. The molecule has 7 nitrogen and oxygen atoms in total. The van der Waals surface area contributed by atoms with Crippen LogP contribution in [0.15, 0.2) is 72.0 Å². The highest BCUT2D eigenvalue weighted by molar-refractivity contribution is 5.97. The number of aryl methyl sites for hydroxylation is 2. The van der Waals surface area contributed by atoms with Crippen molar-refractivity contribution >= 4 is 17.4 Å². The van der Waals surface area contributed by atoms with Gasteiger partial charge >= 0.3 is 0 Å². The topological polar surface area (TPSA) is 98.8 Å². The summed E-state index contributed by atoms with van der Waals surface area (Å²) < 4.78 is 5.63. The van der Waals surface area contributed by atoms with E-state index >= 15 is 0 Å². The zero-order chi connectivity index (χ0) is 20.6. The van der Waals surface area contributed by atoms with Crippen molar-refractivity contribution in [1.82, 2.24) is 4.98 Å². The highest BCUT2D eigenvalue weighted by Gasteiger charge is 2.08. The van der Waals surface area contributed by atoms with Crippen molar-refractivity contribution < 1.29 is 14.4 Å². The number of amides is 1. The molecule has 0 aliphatic carbocycles. The number of nitrogens with zero attached hydrogens (tertiary/aromatic N) is 2. The van der Waals surface area contributed by atoms with Crippen LogP contribution in [-0.2, 0) is 9.63 Å². The first kappa shape index (κ1) is 19.9. The maximum absolute atomic E-state index is 12.1. The summed E-state index contributed by atoms with van der Waals surface area (Å²) >= 11 is 0. The number of para-hydroxylation sites is 2. The number of hydrogen-bond donors (Lipinski definition) is 2. The maximum Gasteiger partial charge on any atom is 0.265 e. The molecule has 0 atom stereocenters. The number of hydrogen-bond acceptors (Lipinski definition) is 5. The molecular formula is C22H22N4O3. The number of pyridine rings is 1. The number of benzene rings is 2. The van der Waals surface area contributed by atoms with Gasteiger partial charge in [0, 0.05) is 23.5 Å². The Morgan fingerprint density at radius 3 is 2.41 bits per heavy atom. The minimum Gasteiger partial charge on any atom is -0.439 e. The molecule has 2 aromatic carbocycles. The molecule has 3 N–H and O–H groups in total. The summed E-state index contributed by atoms with van der Waals surface area (Å²) in [7, 11) is 0. The third-order valence-electron chi connectivity index (χ3n) is 4.10. The van der Waals surface area contributed by atoms with Crippen LogP contribution in [-0.4, -0.2) is 23.3 Å². The molecule has 3 aromatic rings. The highest BCUT2D eigenvalue weighted by Crippen LogP contribution is 2.20. The van der Waals surface area contributed by atoms with Crippen LogP contribution in [0, 0.1) is 13.8 Å². The number of carbonyl (C=O) groups is 1. The molecule has 0 fully saturated rings. The lowest BCUT2D eigenvalue weighted by atomic mass is 10.1. The molecule has 0 saturated carbocycles. The van der Waals surface area contributed by atoms with E-state index in [9.17, 15) is 4.79 Å². The lowest BCUT2D eigenvalue weighted by Crippen LogP contribution is -2.20. The van der Waals surface area contributed by atoms with Gasteiger partial charge in [0.25, 0.3) is 5.91 Å². The molecule has 0 unspecified atom stereocenters. The second-order valence-electron chi connectivity index (χ2n) is 6.37. The standard InChI is InChI=1S/C22H22N4O3/c1-15-7-6-8-16(2)21(15)25-19(27)14-28-26-22(23)17-11-12-20(24-13-17)29-18-9-4-3-5-10-18/h3-13H,14H2,1-2H3,(H2,23,26)(H,25,27). The van der Waals surface area contributed by atoms with Crippen LogP contribution in [0.5, 0.6) is 11.6 Å². The monoisotopic (exact) mass is 390 g/mol. The minimum atomic E-state index is -0.316. The normalized spacial score (nSPS) is 11.0. The minimum absolute atomic E-state index is 0.114. The molecule has 0 spiro atoms. The zero-order valence-corrected chi connectivity index (χ0v) is 16.3. The molecule has 0 radical (unpaired) electrons. The Morgan fingerprint density at radius 1 is 1.03 bits per heavy atom. The van der Waals surface area contributed by atoms with Gasteiger partial charge < -0.3 is 20.6 Å². The lowest BCUT2D eigenvalue weighted by Gasteiger charge is -2.10. The number of aromatic nitrogens is 1. The second kappa shape index (κ2) is 9.36. The number of carbonyl (C=O) groups excluding carboxylic acids is 1. The lowest BCUT2D eigenvalue weighted by molar-refractivity contribution is -0.120.